The fourth-order valence-corrected chi connectivity index (χ4v) is 3.49. The van der Waals surface area contributed by atoms with Gasteiger partial charge in [-0.2, -0.15) is 10.4 Å². The molecule has 0 saturated carbocycles. The van der Waals surface area contributed by atoms with Crippen molar-refractivity contribution in [3.05, 3.63) is 76.0 Å². The Morgan fingerprint density at radius 2 is 2.14 bits per heavy atom. The van der Waals surface area contributed by atoms with Crippen LogP contribution in [0.2, 0.25) is 0 Å². The van der Waals surface area contributed by atoms with E-state index in [1.54, 1.807) is 18.3 Å². The van der Waals surface area contributed by atoms with Gasteiger partial charge in [0.1, 0.15) is 6.07 Å². The van der Waals surface area contributed by atoms with Gasteiger partial charge in [0.25, 0.3) is 5.91 Å². The maximum Gasteiger partial charge on any atom is 0.258 e. The van der Waals surface area contributed by atoms with E-state index in [2.05, 4.69) is 37.7 Å². The highest BCUT2D eigenvalue weighted by Gasteiger charge is 2.16. The van der Waals surface area contributed by atoms with Crippen LogP contribution in [-0.4, -0.2) is 35.4 Å². The molecule has 7 nitrogen and oxygen atoms in total. The molecule has 0 aliphatic carbocycles. The number of nitrogens with one attached hydrogen (secondary N) is 2. The second-order valence-electron chi connectivity index (χ2n) is 6.59. The van der Waals surface area contributed by atoms with Crippen LogP contribution in [0.4, 0.5) is 5.69 Å². The zero-order chi connectivity index (χ0) is 20.2. The summed E-state index contributed by atoms with van der Waals surface area (Å²) < 4.78 is 8.07. The second-order valence-corrected chi connectivity index (χ2v) is 7.50. The average Bonchev–Trinajstić information content (AvgIpc) is 3.25. The molecule has 0 bridgehead atoms. The number of amides is 1. The van der Waals surface area contributed by atoms with Crippen molar-refractivity contribution in [3.63, 3.8) is 0 Å². The summed E-state index contributed by atoms with van der Waals surface area (Å²) in [6.45, 7) is 2.35. The molecule has 29 heavy (non-hydrogen) atoms. The van der Waals surface area contributed by atoms with Crippen LogP contribution in [0.1, 0.15) is 27.6 Å². The highest BCUT2D eigenvalue weighted by molar-refractivity contribution is 9.10. The van der Waals surface area contributed by atoms with E-state index in [9.17, 15) is 10.1 Å². The van der Waals surface area contributed by atoms with Gasteiger partial charge in [-0.3, -0.25) is 4.79 Å². The van der Waals surface area contributed by atoms with Crippen LogP contribution in [0.15, 0.2) is 59.3 Å². The third-order valence-electron chi connectivity index (χ3n) is 4.64. The highest BCUT2D eigenvalue weighted by Crippen LogP contribution is 2.22. The Hall–Kier alpha value is -2.99. The van der Waals surface area contributed by atoms with Crippen molar-refractivity contribution in [1.29, 1.82) is 5.26 Å². The Balaban J connectivity index is 1.46. The Morgan fingerprint density at radius 3 is 2.86 bits per heavy atom. The first-order chi connectivity index (χ1) is 14.1. The molecule has 1 aliphatic rings. The Bertz CT molecular complexity index is 1070. The van der Waals surface area contributed by atoms with Gasteiger partial charge < -0.3 is 15.4 Å². The van der Waals surface area contributed by atoms with Crippen LogP contribution < -0.4 is 10.6 Å². The lowest BCUT2D eigenvalue weighted by atomic mass is 10.1. The third-order valence-corrected chi connectivity index (χ3v) is 5.13. The van der Waals surface area contributed by atoms with Crippen LogP contribution in [0.5, 0.6) is 0 Å². The van der Waals surface area contributed by atoms with Crippen molar-refractivity contribution < 1.29 is 9.53 Å². The maximum atomic E-state index is 12.6. The number of benzene rings is 2. The molecule has 4 rings (SSSR count). The summed E-state index contributed by atoms with van der Waals surface area (Å²) >= 11 is 3.35. The molecule has 1 aliphatic heterocycles. The van der Waals surface area contributed by atoms with Crippen molar-refractivity contribution >= 4 is 27.5 Å². The van der Waals surface area contributed by atoms with E-state index >= 15 is 0 Å². The lowest BCUT2D eigenvalue weighted by Crippen LogP contribution is -2.33. The van der Waals surface area contributed by atoms with Crippen molar-refractivity contribution in [3.8, 4) is 11.8 Å². The van der Waals surface area contributed by atoms with E-state index in [0.29, 0.717) is 29.1 Å². The molecular formula is C21H18BrN5O2. The molecule has 146 valence electrons. The molecule has 0 radical (unpaired) electrons. The van der Waals surface area contributed by atoms with Gasteiger partial charge >= 0.3 is 0 Å². The molecule has 1 amide bonds. The quantitative estimate of drug-likeness (QED) is 0.633. The smallest absolute Gasteiger partial charge is 0.258 e. The number of nitrogens with zero attached hydrogens (tertiary/aromatic N) is 3. The number of morpholine rings is 1. The SMILES string of the molecule is N#Cc1cc(Br)ccc1-n1cc(C(=O)Nc2ccc([C@H]3CNCCO3)cc2)cn1. The van der Waals surface area contributed by atoms with Crippen molar-refractivity contribution in [2.75, 3.05) is 25.0 Å². The van der Waals surface area contributed by atoms with Gasteiger partial charge in [0.05, 0.1) is 35.7 Å². The number of ether oxygens (including phenoxy) is 1. The van der Waals surface area contributed by atoms with E-state index in [-0.39, 0.29) is 12.0 Å². The zero-order valence-electron chi connectivity index (χ0n) is 15.4. The highest BCUT2D eigenvalue weighted by atomic mass is 79.9. The number of hydrogen-bond donors (Lipinski definition) is 2. The summed E-state index contributed by atoms with van der Waals surface area (Å²) in [5.74, 6) is -0.268. The molecule has 1 atom stereocenters. The number of halogens is 1. The summed E-state index contributed by atoms with van der Waals surface area (Å²) in [6, 6.07) is 15.1. The minimum atomic E-state index is -0.268. The molecule has 2 heterocycles. The predicted octanol–water partition coefficient (Wildman–Crippen LogP) is 3.42. The standard InChI is InChI=1S/C21H18BrN5O2/c22-17-3-6-19(15(9-17)10-23)27-13-16(11-25-27)21(28)26-18-4-1-14(2-5-18)20-12-24-7-8-29-20/h1-6,9,11,13,20,24H,7-8,12H2,(H,26,28)/t20-/m1/s1. The molecule has 1 fully saturated rings. The van der Waals surface area contributed by atoms with Gasteiger partial charge in [-0.05, 0) is 35.9 Å². The molecular weight excluding hydrogens is 434 g/mol. The molecule has 2 aromatic carbocycles. The lowest BCUT2D eigenvalue weighted by Gasteiger charge is -2.24. The summed E-state index contributed by atoms with van der Waals surface area (Å²) in [4.78, 5) is 12.6. The largest absolute Gasteiger partial charge is 0.371 e. The van der Waals surface area contributed by atoms with Gasteiger partial charge in [-0.25, -0.2) is 4.68 Å². The van der Waals surface area contributed by atoms with Crippen LogP contribution in [-0.2, 0) is 4.74 Å². The topological polar surface area (TPSA) is 92.0 Å². The van der Waals surface area contributed by atoms with Crippen molar-refractivity contribution in [2.45, 2.75) is 6.10 Å². The molecule has 0 unspecified atom stereocenters. The van der Waals surface area contributed by atoms with Gasteiger partial charge in [-0.15, -0.1) is 0 Å². The first kappa shape index (κ1) is 19.3. The Labute approximate surface area is 176 Å². The minimum absolute atomic E-state index is 0.0342. The number of carbonyl (C=O) groups excluding carboxylic acids is 1. The predicted molar refractivity (Wildman–Crippen MR) is 112 cm³/mol. The maximum absolute atomic E-state index is 12.6. The van der Waals surface area contributed by atoms with Gasteiger partial charge in [0, 0.05) is 29.4 Å². The number of carbonyl (C=O) groups is 1. The summed E-state index contributed by atoms with van der Waals surface area (Å²) in [6.07, 6.45) is 3.12. The summed E-state index contributed by atoms with van der Waals surface area (Å²) in [5, 5.41) is 19.7. The zero-order valence-corrected chi connectivity index (χ0v) is 17.0. The number of aromatic nitrogens is 2. The van der Waals surface area contributed by atoms with Crippen molar-refractivity contribution in [1.82, 2.24) is 15.1 Å². The van der Waals surface area contributed by atoms with E-state index in [0.717, 1.165) is 23.1 Å². The Kier molecular flexibility index (Phi) is 5.71. The van der Waals surface area contributed by atoms with Gasteiger partial charge in [0.15, 0.2) is 0 Å². The fourth-order valence-electron chi connectivity index (χ4n) is 3.13. The molecule has 3 aromatic rings. The number of nitriles is 1. The molecule has 8 heteroatoms. The molecule has 2 N–H and O–H groups in total. The van der Waals surface area contributed by atoms with Crippen LogP contribution in [0.3, 0.4) is 0 Å². The van der Waals surface area contributed by atoms with E-state index < -0.39 is 0 Å². The monoisotopic (exact) mass is 451 g/mol. The van der Waals surface area contributed by atoms with Crippen LogP contribution in [0.25, 0.3) is 5.69 Å². The van der Waals surface area contributed by atoms with Crippen LogP contribution in [0, 0.1) is 11.3 Å². The van der Waals surface area contributed by atoms with E-state index in [4.69, 9.17) is 4.74 Å². The second kappa shape index (κ2) is 8.57. The molecule has 1 saturated heterocycles. The van der Waals surface area contributed by atoms with E-state index in [1.165, 1.54) is 10.9 Å². The van der Waals surface area contributed by atoms with Crippen molar-refractivity contribution in [2.24, 2.45) is 0 Å². The lowest BCUT2D eigenvalue weighted by molar-refractivity contribution is 0.0277. The minimum Gasteiger partial charge on any atom is -0.371 e. The van der Waals surface area contributed by atoms with Gasteiger partial charge in [-0.1, -0.05) is 28.1 Å². The normalized spacial score (nSPS) is 16.2. The van der Waals surface area contributed by atoms with Crippen LogP contribution >= 0.6 is 15.9 Å². The average molecular weight is 452 g/mol. The number of hydrogen-bond acceptors (Lipinski definition) is 5. The summed E-state index contributed by atoms with van der Waals surface area (Å²) in [7, 11) is 0. The first-order valence-corrected chi connectivity index (χ1v) is 9.91. The summed E-state index contributed by atoms with van der Waals surface area (Å²) in [5.41, 5.74) is 3.24. The Morgan fingerprint density at radius 1 is 1.31 bits per heavy atom. The molecule has 1 aromatic heterocycles. The number of rotatable bonds is 4. The first-order valence-electron chi connectivity index (χ1n) is 9.12. The van der Waals surface area contributed by atoms with Gasteiger partial charge in [0.2, 0.25) is 0 Å². The molecule has 0 spiro atoms. The third kappa shape index (κ3) is 4.38. The van der Waals surface area contributed by atoms with E-state index in [1.807, 2.05) is 30.3 Å². The number of anilines is 1. The fraction of sp³-hybridized carbons (Fsp3) is 0.190.